The summed E-state index contributed by atoms with van der Waals surface area (Å²) < 4.78 is 6.00. The molecule has 108 valence electrons. The first-order chi connectivity index (χ1) is 8.84. The van der Waals surface area contributed by atoms with E-state index in [4.69, 9.17) is 4.43 Å². The Labute approximate surface area is 116 Å². The van der Waals surface area contributed by atoms with Crippen LogP contribution in [0.3, 0.4) is 0 Å². The van der Waals surface area contributed by atoms with Crippen LogP contribution < -0.4 is 0 Å². The molecule has 2 atom stereocenters. The fourth-order valence-electron chi connectivity index (χ4n) is 3.00. The van der Waals surface area contributed by atoms with Crippen molar-refractivity contribution in [2.24, 2.45) is 0 Å². The first-order valence-electron chi connectivity index (χ1n) is 8.46. The van der Waals surface area contributed by atoms with Gasteiger partial charge in [0.25, 0.3) is 0 Å². The van der Waals surface area contributed by atoms with Crippen molar-refractivity contribution >= 4 is 9.04 Å². The molecule has 2 heteroatoms. The van der Waals surface area contributed by atoms with Crippen LogP contribution in [0.2, 0.25) is 11.6 Å². The fraction of sp³-hybridized carbons (Fsp3) is 1.00. The number of rotatable bonds is 10. The smallest absolute Gasteiger partial charge is 0.179 e. The van der Waals surface area contributed by atoms with Gasteiger partial charge in [-0.1, -0.05) is 78.1 Å². The van der Waals surface area contributed by atoms with Gasteiger partial charge in [-0.3, -0.25) is 0 Å². The quantitative estimate of drug-likeness (QED) is 0.379. The Balaban J connectivity index is 1.87. The van der Waals surface area contributed by atoms with Crippen LogP contribution >= 0.6 is 0 Å². The summed E-state index contributed by atoms with van der Waals surface area (Å²) in [6.07, 6.45) is 15.7. The van der Waals surface area contributed by atoms with Crippen LogP contribution in [0.4, 0.5) is 0 Å². The van der Waals surface area contributed by atoms with E-state index in [0.717, 1.165) is 12.1 Å². The van der Waals surface area contributed by atoms with Gasteiger partial charge >= 0.3 is 0 Å². The second kappa shape index (κ2) is 11.0. The van der Waals surface area contributed by atoms with E-state index in [1.807, 2.05) is 0 Å². The Hall–Kier alpha value is 0.177. The van der Waals surface area contributed by atoms with Gasteiger partial charge in [0.15, 0.2) is 9.04 Å². The summed E-state index contributed by atoms with van der Waals surface area (Å²) in [6, 6.07) is 1.44. The molecule has 1 aliphatic rings. The zero-order valence-corrected chi connectivity index (χ0v) is 13.9. The van der Waals surface area contributed by atoms with Crippen molar-refractivity contribution in [3.05, 3.63) is 0 Å². The van der Waals surface area contributed by atoms with Gasteiger partial charge in [0.1, 0.15) is 0 Å². The SMILES string of the molecule is CCCCCCCCCCC(C)[SiH]1CCCCO1. The van der Waals surface area contributed by atoms with Gasteiger partial charge in [-0.2, -0.15) is 0 Å². The summed E-state index contributed by atoms with van der Waals surface area (Å²) in [5.41, 5.74) is 0.922. The van der Waals surface area contributed by atoms with Gasteiger partial charge in [-0.25, -0.2) is 0 Å². The first-order valence-corrected chi connectivity index (χ1v) is 10.4. The van der Waals surface area contributed by atoms with Crippen molar-refractivity contribution in [2.75, 3.05) is 6.61 Å². The van der Waals surface area contributed by atoms with E-state index >= 15 is 0 Å². The Morgan fingerprint density at radius 1 is 0.944 bits per heavy atom. The Morgan fingerprint density at radius 2 is 1.61 bits per heavy atom. The third-order valence-electron chi connectivity index (χ3n) is 4.36. The number of hydrogen-bond acceptors (Lipinski definition) is 1. The molecule has 0 saturated carbocycles. The molecule has 1 nitrogen and oxygen atoms in total. The highest BCUT2D eigenvalue weighted by Crippen LogP contribution is 2.26. The third-order valence-corrected chi connectivity index (χ3v) is 7.61. The summed E-state index contributed by atoms with van der Waals surface area (Å²) in [6.45, 7) is 5.81. The van der Waals surface area contributed by atoms with Crippen LogP contribution in [-0.2, 0) is 4.43 Å². The number of hydrogen-bond donors (Lipinski definition) is 0. The lowest BCUT2D eigenvalue weighted by Gasteiger charge is -2.26. The average Bonchev–Trinajstić information content (AvgIpc) is 2.42. The van der Waals surface area contributed by atoms with Crippen molar-refractivity contribution in [3.8, 4) is 0 Å². The van der Waals surface area contributed by atoms with Crippen LogP contribution in [0, 0.1) is 0 Å². The standard InChI is InChI=1S/C16H34OSi/c1-3-4-5-6-7-8-9-10-13-16(2)18-15-12-11-14-17-18/h16,18H,3-15H2,1-2H3. The number of unbranched alkanes of at least 4 members (excludes halogenated alkanes) is 7. The lowest BCUT2D eigenvalue weighted by molar-refractivity contribution is 0.278. The van der Waals surface area contributed by atoms with Crippen molar-refractivity contribution in [2.45, 2.75) is 96.1 Å². The molecule has 0 aromatic heterocycles. The molecule has 0 spiro atoms. The highest BCUT2D eigenvalue weighted by molar-refractivity contribution is 6.53. The van der Waals surface area contributed by atoms with E-state index in [1.54, 1.807) is 0 Å². The van der Waals surface area contributed by atoms with Crippen molar-refractivity contribution in [3.63, 3.8) is 0 Å². The highest BCUT2D eigenvalue weighted by atomic mass is 28.3. The van der Waals surface area contributed by atoms with E-state index in [1.165, 1.54) is 76.7 Å². The van der Waals surface area contributed by atoms with Crippen LogP contribution in [0.1, 0.15) is 84.5 Å². The normalized spacial score (nSPS) is 22.0. The summed E-state index contributed by atoms with van der Waals surface area (Å²) in [7, 11) is -0.795. The zero-order valence-electron chi connectivity index (χ0n) is 12.8. The molecule has 0 bridgehead atoms. The molecule has 1 fully saturated rings. The van der Waals surface area contributed by atoms with E-state index in [2.05, 4.69) is 13.8 Å². The fourth-order valence-corrected chi connectivity index (χ4v) is 5.83. The molecule has 1 saturated heterocycles. The lowest BCUT2D eigenvalue weighted by Crippen LogP contribution is -2.27. The van der Waals surface area contributed by atoms with Crippen LogP contribution in [-0.4, -0.2) is 15.6 Å². The minimum atomic E-state index is -0.795. The Bertz CT molecular complexity index is 178. The molecular weight excluding hydrogens is 236 g/mol. The van der Waals surface area contributed by atoms with Crippen LogP contribution in [0.15, 0.2) is 0 Å². The van der Waals surface area contributed by atoms with E-state index in [-0.39, 0.29) is 0 Å². The summed E-state index contributed by atoms with van der Waals surface area (Å²) in [4.78, 5) is 0. The predicted molar refractivity (Wildman–Crippen MR) is 83.8 cm³/mol. The molecule has 0 amide bonds. The first kappa shape index (κ1) is 16.2. The second-order valence-corrected chi connectivity index (χ2v) is 9.27. The minimum absolute atomic E-state index is 0.795. The third kappa shape index (κ3) is 7.58. The van der Waals surface area contributed by atoms with Gasteiger partial charge in [0.2, 0.25) is 0 Å². The maximum absolute atomic E-state index is 6.00. The monoisotopic (exact) mass is 270 g/mol. The van der Waals surface area contributed by atoms with Crippen molar-refractivity contribution in [1.82, 2.24) is 0 Å². The van der Waals surface area contributed by atoms with Gasteiger partial charge in [0, 0.05) is 6.61 Å². The van der Waals surface area contributed by atoms with Gasteiger partial charge < -0.3 is 4.43 Å². The molecule has 0 aliphatic carbocycles. The van der Waals surface area contributed by atoms with Gasteiger partial charge in [0.05, 0.1) is 0 Å². The molecule has 0 N–H and O–H groups in total. The zero-order chi connectivity index (χ0) is 13.1. The molecule has 1 rings (SSSR count). The molecule has 0 aromatic carbocycles. The van der Waals surface area contributed by atoms with E-state index < -0.39 is 9.04 Å². The average molecular weight is 271 g/mol. The van der Waals surface area contributed by atoms with Crippen molar-refractivity contribution in [1.29, 1.82) is 0 Å². The molecule has 2 unspecified atom stereocenters. The molecule has 0 radical (unpaired) electrons. The van der Waals surface area contributed by atoms with Crippen LogP contribution in [0.25, 0.3) is 0 Å². The van der Waals surface area contributed by atoms with E-state index in [9.17, 15) is 0 Å². The summed E-state index contributed by atoms with van der Waals surface area (Å²) in [5.74, 6) is 0. The Kier molecular flexibility index (Phi) is 9.96. The van der Waals surface area contributed by atoms with E-state index in [0.29, 0.717) is 0 Å². The Morgan fingerprint density at radius 3 is 2.22 bits per heavy atom. The predicted octanol–water partition coefficient (Wildman–Crippen LogP) is 5.44. The maximum Gasteiger partial charge on any atom is 0.179 e. The minimum Gasteiger partial charge on any atom is -0.420 e. The molecule has 1 heterocycles. The highest BCUT2D eigenvalue weighted by Gasteiger charge is 2.22. The summed E-state index contributed by atoms with van der Waals surface area (Å²) >= 11 is 0. The van der Waals surface area contributed by atoms with Gasteiger partial charge in [-0.15, -0.1) is 0 Å². The lowest BCUT2D eigenvalue weighted by atomic mass is 10.1. The van der Waals surface area contributed by atoms with Crippen molar-refractivity contribution < 1.29 is 4.43 Å². The molecule has 0 aromatic rings. The van der Waals surface area contributed by atoms with Gasteiger partial charge in [-0.05, 0) is 18.0 Å². The molecule has 18 heavy (non-hydrogen) atoms. The topological polar surface area (TPSA) is 9.23 Å². The second-order valence-electron chi connectivity index (χ2n) is 6.15. The molecule has 1 aliphatic heterocycles. The molecular formula is C16H34OSi. The largest absolute Gasteiger partial charge is 0.420 e. The van der Waals surface area contributed by atoms with Crippen LogP contribution in [0.5, 0.6) is 0 Å². The maximum atomic E-state index is 6.00. The summed E-state index contributed by atoms with van der Waals surface area (Å²) in [5, 5.41) is 0.